The van der Waals surface area contributed by atoms with E-state index in [4.69, 9.17) is 25.8 Å². The molecular weight excluding hydrogens is 256 g/mol. The zero-order valence-corrected chi connectivity index (χ0v) is 11.7. The minimum atomic E-state index is -0.0750. The van der Waals surface area contributed by atoms with Crippen LogP contribution in [0.25, 0.3) is 0 Å². The van der Waals surface area contributed by atoms with Gasteiger partial charge in [0.1, 0.15) is 12.0 Å². The Hall–Kier alpha value is -1.42. The van der Waals surface area contributed by atoms with Crippen molar-refractivity contribution in [1.82, 2.24) is 0 Å². The molecule has 1 aromatic carbocycles. The van der Waals surface area contributed by atoms with E-state index in [1.807, 2.05) is 6.92 Å². The Kier molecular flexibility index (Phi) is 5.28. The molecule has 4 nitrogen and oxygen atoms in total. The van der Waals surface area contributed by atoms with Gasteiger partial charge in [-0.2, -0.15) is 0 Å². The third-order valence-electron chi connectivity index (χ3n) is 2.77. The lowest BCUT2D eigenvalue weighted by Crippen LogP contribution is -2.03. The highest BCUT2D eigenvalue weighted by Crippen LogP contribution is 2.46. The Labute approximate surface area is 112 Å². The average molecular weight is 273 g/mol. The first kappa shape index (κ1) is 14.6. The van der Waals surface area contributed by atoms with Gasteiger partial charge >= 0.3 is 0 Å². The van der Waals surface area contributed by atoms with Gasteiger partial charge in [-0.3, -0.25) is 0 Å². The van der Waals surface area contributed by atoms with Crippen LogP contribution in [-0.2, 0) is 4.79 Å². The smallest absolute Gasteiger partial charge is 0.165 e. The van der Waals surface area contributed by atoms with E-state index in [1.165, 1.54) is 14.2 Å². The van der Waals surface area contributed by atoms with Gasteiger partial charge in [0, 0.05) is 18.1 Å². The van der Waals surface area contributed by atoms with Gasteiger partial charge in [0.05, 0.1) is 26.4 Å². The van der Waals surface area contributed by atoms with Crippen molar-refractivity contribution >= 4 is 17.9 Å². The SMILES string of the molecule is COc1cc(OC)c(OC)c(C(C)CC=O)c1Cl. The number of halogens is 1. The Morgan fingerprint density at radius 1 is 1.22 bits per heavy atom. The van der Waals surface area contributed by atoms with Crippen molar-refractivity contribution in [3.8, 4) is 17.2 Å². The first-order valence-corrected chi connectivity index (χ1v) is 5.90. The van der Waals surface area contributed by atoms with E-state index >= 15 is 0 Å². The third kappa shape index (κ3) is 2.70. The maximum absolute atomic E-state index is 10.7. The minimum absolute atomic E-state index is 0.0750. The number of ether oxygens (including phenoxy) is 3. The van der Waals surface area contributed by atoms with Crippen LogP contribution in [0.5, 0.6) is 17.2 Å². The second-order valence-corrected chi connectivity index (χ2v) is 4.22. The van der Waals surface area contributed by atoms with Crippen molar-refractivity contribution in [1.29, 1.82) is 0 Å². The standard InChI is InChI=1S/C13H17ClO4/c1-8(5-6-15)11-12(14)9(16-2)7-10(17-3)13(11)18-4/h6-8H,5H2,1-4H3. The van der Waals surface area contributed by atoms with Gasteiger partial charge in [0.2, 0.25) is 0 Å². The molecule has 5 heteroatoms. The molecule has 0 saturated heterocycles. The molecule has 0 bridgehead atoms. The third-order valence-corrected chi connectivity index (χ3v) is 3.16. The van der Waals surface area contributed by atoms with Crippen LogP contribution in [0.4, 0.5) is 0 Å². The second kappa shape index (κ2) is 6.50. The van der Waals surface area contributed by atoms with Crippen molar-refractivity contribution in [2.75, 3.05) is 21.3 Å². The second-order valence-electron chi connectivity index (χ2n) is 3.85. The number of carbonyl (C=O) groups excluding carboxylic acids is 1. The molecule has 0 aromatic heterocycles. The Morgan fingerprint density at radius 2 is 1.83 bits per heavy atom. The van der Waals surface area contributed by atoms with E-state index in [0.717, 1.165) is 11.8 Å². The van der Waals surface area contributed by atoms with Crippen molar-refractivity contribution in [3.63, 3.8) is 0 Å². The molecule has 0 aliphatic rings. The molecule has 18 heavy (non-hydrogen) atoms. The molecule has 0 aliphatic carbocycles. The van der Waals surface area contributed by atoms with Crippen LogP contribution < -0.4 is 14.2 Å². The summed E-state index contributed by atoms with van der Waals surface area (Å²) in [5, 5.41) is 0.449. The monoisotopic (exact) mass is 272 g/mol. The number of carbonyl (C=O) groups is 1. The number of hydrogen-bond acceptors (Lipinski definition) is 4. The lowest BCUT2D eigenvalue weighted by atomic mass is 9.96. The molecule has 0 N–H and O–H groups in total. The molecule has 1 aromatic rings. The van der Waals surface area contributed by atoms with Crippen LogP contribution in [0.15, 0.2) is 6.07 Å². The fraction of sp³-hybridized carbons (Fsp3) is 0.462. The Balaban J connectivity index is 3.46. The summed E-state index contributed by atoms with van der Waals surface area (Å²) in [6.07, 6.45) is 1.21. The van der Waals surface area contributed by atoms with Crippen molar-refractivity contribution in [2.45, 2.75) is 19.3 Å². The number of rotatable bonds is 6. The lowest BCUT2D eigenvalue weighted by molar-refractivity contribution is -0.108. The van der Waals surface area contributed by atoms with E-state index in [-0.39, 0.29) is 5.92 Å². The molecule has 0 radical (unpaired) electrons. The van der Waals surface area contributed by atoms with Crippen LogP contribution >= 0.6 is 11.6 Å². The summed E-state index contributed by atoms with van der Waals surface area (Å²) < 4.78 is 15.8. The first-order valence-electron chi connectivity index (χ1n) is 5.52. The van der Waals surface area contributed by atoms with Crippen molar-refractivity contribution in [3.05, 3.63) is 16.7 Å². The fourth-order valence-electron chi connectivity index (χ4n) is 1.83. The highest BCUT2D eigenvalue weighted by Gasteiger charge is 2.23. The van der Waals surface area contributed by atoms with Gasteiger partial charge in [-0.05, 0) is 5.92 Å². The lowest BCUT2D eigenvalue weighted by Gasteiger charge is -2.20. The van der Waals surface area contributed by atoms with Crippen LogP contribution in [0.1, 0.15) is 24.8 Å². The molecule has 0 aliphatic heterocycles. The fourth-order valence-corrected chi connectivity index (χ4v) is 2.23. The summed E-state index contributed by atoms with van der Waals surface area (Å²) >= 11 is 6.28. The van der Waals surface area contributed by atoms with E-state index in [9.17, 15) is 4.79 Å². The van der Waals surface area contributed by atoms with E-state index in [2.05, 4.69) is 0 Å². The van der Waals surface area contributed by atoms with Gasteiger partial charge in [0.25, 0.3) is 0 Å². The van der Waals surface area contributed by atoms with E-state index in [1.54, 1.807) is 13.2 Å². The zero-order valence-electron chi connectivity index (χ0n) is 11.0. The van der Waals surface area contributed by atoms with Gasteiger partial charge in [0.15, 0.2) is 11.5 Å². The first-order chi connectivity index (χ1) is 8.60. The highest BCUT2D eigenvalue weighted by atomic mass is 35.5. The van der Waals surface area contributed by atoms with E-state index < -0.39 is 0 Å². The quantitative estimate of drug-likeness (QED) is 0.747. The zero-order chi connectivity index (χ0) is 13.7. The van der Waals surface area contributed by atoms with E-state index in [0.29, 0.717) is 28.7 Å². The molecular formula is C13H17ClO4. The summed E-state index contributed by atoms with van der Waals surface area (Å²) in [4.78, 5) is 10.7. The molecule has 0 amide bonds. The molecule has 0 spiro atoms. The average Bonchev–Trinajstić information content (AvgIpc) is 2.38. The number of hydrogen-bond donors (Lipinski definition) is 0. The summed E-state index contributed by atoms with van der Waals surface area (Å²) in [5.74, 6) is 1.50. The maximum Gasteiger partial charge on any atom is 0.165 e. The predicted molar refractivity (Wildman–Crippen MR) is 70.2 cm³/mol. The molecule has 0 heterocycles. The summed E-state index contributed by atoms with van der Waals surface area (Å²) in [6, 6.07) is 1.66. The molecule has 1 unspecified atom stereocenters. The molecule has 0 saturated carbocycles. The maximum atomic E-state index is 10.7. The molecule has 100 valence electrons. The summed E-state index contributed by atoms with van der Waals surface area (Å²) in [6.45, 7) is 1.90. The van der Waals surface area contributed by atoms with Gasteiger partial charge in [-0.1, -0.05) is 18.5 Å². The summed E-state index contributed by atoms with van der Waals surface area (Å²) in [5.41, 5.74) is 0.725. The summed E-state index contributed by atoms with van der Waals surface area (Å²) in [7, 11) is 4.61. The molecule has 1 atom stereocenters. The normalized spacial score (nSPS) is 11.8. The largest absolute Gasteiger partial charge is 0.495 e. The topological polar surface area (TPSA) is 44.8 Å². The van der Waals surface area contributed by atoms with Crippen LogP contribution in [0, 0.1) is 0 Å². The Bertz CT molecular complexity index is 431. The predicted octanol–water partition coefficient (Wildman–Crippen LogP) is 3.06. The Morgan fingerprint density at radius 3 is 2.28 bits per heavy atom. The van der Waals surface area contributed by atoms with Gasteiger partial charge < -0.3 is 19.0 Å². The van der Waals surface area contributed by atoms with Gasteiger partial charge in [-0.25, -0.2) is 0 Å². The molecule has 0 fully saturated rings. The number of benzene rings is 1. The van der Waals surface area contributed by atoms with Gasteiger partial charge in [-0.15, -0.1) is 0 Å². The van der Waals surface area contributed by atoms with Crippen LogP contribution in [-0.4, -0.2) is 27.6 Å². The van der Waals surface area contributed by atoms with Crippen LogP contribution in [0.2, 0.25) is 5.02 Å². The van der Waals surface area contributed by atoms with Crippen molar-refractivity contribution < 1.29 is 19.0 Å². The molecule has 1 rings (SSSR count). The minimum Gasteiger partial charge on any atom is -0.495 e. The highest BCUT2D eigenvalue weighted by molar-refractivity contribution is 6.33. The van der Waals surface area contributed by atoms with Crippen molar-refractivity contribution in [2.24, 2.45) is 0 Å². The van der Waals surface area contributed by atoms with Crippen LogP contribution in [0.3, 0.4) is 0 Å². The number of aldehydes is 1. The number of methoxy groups -OCH3 is 3.